The first-order valence-corrected chi connectivity index (χ1v) is 5.19. The molecule has 0 radical (unpaired) electrons. The van der Waals surface area contributed by atoms with E-state index in [-0.39, 0.29) is 29.2 Å². The van der Waals surface area contributed by atoms with Crippen LogP contribution in [0.3, 0.4) is 0 Å². The Morgan fingerprint density at radius 3 is 2.64 bits per heavy atom. The molecule has 3 nitrogen and oxygen atoms in total. The monoisotopic (exact) mass is 190 g/mol. The first-order valence-electron chi connectivity index (χ1n) is 5.19. The van der Waals surface area contributed by atoms with Crippen molar-refractivity contribution in [1.82, 2.24) is 0 Å². The molecule has 5 atom stereocenters. The van der Waals surface area contributed by atoms with Crippen LogP contribution in [0.15, 0.2) is 12.2 Å². The van der Waals surface area contributed by atoms with E-state index >= 15 is 0 Å². The number of hydrogen-bond acceptors (Lipinski definition) is 3. The minimum absolute atomic E-state index is 0.115. The Hall–Kier alpha value is -1.12. The molecule has 3 fully saturated rings. The van der Waals surface area contributed by atoms with Crippen LogP contribution in [0.2, 0.25) is 0 Å². The first-order chi connectivity index (χ1) is 6.74. The Labute approximate surface area is 81.1 Å². The molecule has 72 valence electrons. The number of allylic oxidation sites excluding steroid dienone is 2. The van der Waals surface area contributed by atoms with Crippen LogP contribution in [0.1, 0.15) is 12.8 Å². The van der Waals surface area contributed by atoms with Gasteiger partial charge in [-0.1, -0.05) is 12.2 Å². The molecule has 2 saturated carbocycles. The van der Waals surface area contributed by atoms with Crippen molar-refractivity contribution < 1.29 is 14.3 Å². The summed E-state index contributed by atoms with van der Waals surface area (Å²) in [5.41, 5.74) is 0.227. The lowest BCUT2D eigenvalue weighted by molar-refractivity contribution is -0.157. The molecule has 0 aromatic heterocycles. The summed E-state index contributed by atoms with van der Waals surface area (Å²) in [6.07, 6.45) is 6.55. The minimum Gasteiger partial charge on any atom is -0.393 e. The Kier molecular flexibility index (Phi) is 0.932. The second-order valence-corrected chi connectivity index (χ2v) is 4.93. The predicted molar refractivity (Wildman–Crippen MR) is 45.9 cm³/mol. The zero-order chi connectivity index (χ0) is 9.50. The van der Waals surface area contributed by atoms with Crippen molar-refractivity contribution in [3.05, 3.63) is 12.2 Å². The number of ether oxygens (including phenoxy) is 1. The second-order valence-electron chi connectivity index (χ2n) is 4.93. The quantitative estimate of drug-likeness (QED) is 0.324. The highest BCUT2D eigenvalue weighted by Gasteiger charge is 2.72. The number of cyclic esters (lactones) is 2. The van der Waals surface area contributed by atoms with Gasteiger partial charge in [-0.2, -0.15) is 0 Å². The van der Waals surface area contributed by atoms with Crippen LogP contribution in [-0.2, 0) is 14.3 Å². The lowest BCUT2D eigenvalue weighted by Crippen LogP contribution is -2.46. The summed E-state index contributed by atoms with van der Waals surface area (Å²) >= 11 is 0. The van der Waals surface area contributed by atoms with Crippen LogP contribution in [-0.4, -0.2) is 11.9 Å². The van der Waals surface area contributed by atoms with Gasteiger partial charge in [0.2, 0.25) is 0 Å². The fraction of sp³-hybridized carbons (Fsp3) is 0.636. The zero-order valence-corrected chi connectivity index (χ0v) is 7.60. The van der Waals surface area contributed by atoms with Gasteiger partial charge >= 0.3 is 11.9 Å². The summed E-state index contributed by atoms with van der Waals surface area (Å²) in [6.45, 7) is 0. The number of fused-ring (bicyclic) bond motifs is 3. The van der Waals surface area contributed by atoms with Crippen molar-refractivity contribution in [2.24, 2.45) is 29.1 Å². The van der Waals surface area contributed by atoms with Crippen LogP contribution in [0.5, 0.6) is 0 Å². The number of hydrogen-bond donors (Lipinski definition) is 0. The van der Waals surface area contributed by atoms with Crippen molar-refractivity contribution in [3.63, 3.8) is 0 Å². The molecule has 0 N–H and O–H groups in total. The fourth-order valence-corrected chi connectivity index (χ4v) is 4.00. The van der Waals surface area contributed by atoms with E-state index in [2.05, 4.69) is 12.2 Å². The highest BCUT2D eigenvalue weighted by atomic mass is 16.6. The van der Waals surface area contributed by atoms with E-state index in [9.17, 15) is 9.59 Å². The highest BCUT2D eigenvalue weighted by Crippen LogP contribution is 2.71. The lowest BCUT2D eigenvalue weighted by Gasteiger charge is -2.52. The normalized spacial score (nSPS) is 56.9. The zero-order valence-electron chi connectivity index (χ0n) is 7.60. The van der Waals surface area contributed by atoms with E-state index in [4.69, 9.17) is 4.74 Å². The number of carbonyl (C=O) groups excluding carboxylic acids is 2. The van der Waals surface area contributed by atoms with Gasteiger partial charge in [0.25, 0.3) is 0 Å². The Morgan fingerprint density at radius 1 is 1.29 bits per heavy atom. The molecule has 4 aliphatic rings. The number of esters is 2. The van der Waals surface area contributed by atoms with Crippen LogP contribution in [0.25, 0.3) is 0 Å². The Bertz CT molecular complexity index is 397. The topological polar surface area (TPSA) is 43.4 Å². The average Bonchev–Trinajstić information content (AvgIpc) is 2.33. The van der Waals surface area contributed by atoms with Gasteiger partial charge in [-0.3, -0.25) is 9.59 Å². The smallest absolute Gasteiger partial charge is 0.318 e. The highest BCUT2D eigenvalue weighted by molar-refractivity contribution is 5.98. The molecule has 1 heterocycles. The summed E-state index contributed by atoms with van der Waals surface area (Å²) in [4.78, 5) is 23.0. The molecule has 4 rings (SSSR count). The van der Waals surface area contributed by atoms with Crippen molar-refractivity contribution in [1.29, 1.82) is 0 Å². The van der Waals surface area contributed by atoms with Crippen molar-refractivity contribution in [2.45, 2.75) is 12.8 Å². The van der Waals surface area contributed by atoms with Crippen LogP contribution >= 0.6 is 0 Å². The molecule has 0 aromatic carbocycles. The standard InChI is InChI=1S/C11H10O3/c12-9-7-5-1-3-11(5)4-2-6(11)8(7)10(13)14-9/h1,3,5-8H,2,4H2/t5?,6?,7-,8+,11?/m1/s1. The maximum absolute atomic E-state index is 11.5. The third-order valence-corrected chi connectivity index (χ3v) is 4.77. The molecule has 3 aliphatic carbocycles. The fourth-order valence-electron chi connectivity index (χ4n) is 4.00. The van der Waals surface area contributed by atoms with E-state index < -0.39 is 0 Å². The van der Waals surface area contributed by atoms with Crippen LogP contribution in [0, 0.1) is 29.1 Å². The van der Waals surface area contributed by atoms with E-state index in [0.717, 1.165) is 12.8 Å². The molecule has 1 spiro atoms. The van der Waals surface area contributed by atoms with Gasteiger partial charge in [0, 0.05) is 5.92 Å². The van der Waals surface area contributed by atoms with Crippen molar-refractivity contribution in [2.75, 3.05) is 0 Å². The summed E-state index contributed by atoms with van der Waals surface area (Å²) in [5, 5.41) is 0. The molecule has 0 amide bonds. The molecule has 1 saturated heterocycles. The molecular formula is C11H10O3. The average molecular weight is 190 g/mol. The third kappa shape index (κ3) is 0.483. The minimum atomic E-state index is -0.275. The molecule has 14 heavy (non-hydrogen) atoms. The summed E-state index contributed by atoms with van der Waals surface area (Å²) in [6, 6.07) is 0. The van der Waals surface area contributed by atoms with E-state index in [1.54, 1.807) is 0 Å². The third-order valence-electron chi connectivity index (χ3n) is 4.77. The molecule has 3 unspecified atom stereocenters. The molecule has 0 aromatic rings. The largest absolute Gasteiger partial charge is 0.393 e. The van der Waals surface area contributed by atoms with E-state index in [0.29, 0.717) is 11.8 Å². The van der Waals surface area contributed by atoms with Gasteiger partial charge in [0.15, 0.2) is 0 Å². The van der Waals surface area contributed by atoms with Crippen molar-refractivity contribution >= 4 is 11.9 Å². The van der Waals surface area contributed by atoms with Gasteiger partial charge in [0.05, 0.1) is 11.8 Å². The van der Waals surface area contributed by atoms with Gasteiger partial charge in [-0.05, 0) is 24.2 Å². The molecular weight excluding hydrogens is 180 g/mol. The second kappa shape index (κ2) is 1.81. The molecule has 0 bridgehead atoms. The van der Waals surface area contributed by atoms with E-state index in [1.165, 1.54) is 0 Å². The summed E-state index contributed by atoms with van der Waals surface area (Å²) in [5.74, 6) is -0.0775. The lowest BCUT2D eigenvalue weighted by atomic mass is 9.52. The maximum atomic E-state index is 11.5. The first kappa shape index (κ1) is 7.21. The van der Waals surface area contributed by atoms with Gasteiger partial charge < -0.3 is 4.74 Å². The van der Waals surface area contributed by atoms with Gasteiger partial charge in [0.1, 0.15) is 0 Å². The molecule has 3 heteroatoms. The van der Waals surface area contributed by atoms with Crippen molar-refractivity contribution in [3.8, 4) is 0 Å². The summed E-state index contributed by atoms with van der Waals surface area (Å²) < 4.78 is 4.72. The Balaban J connectivity index is 1.87. The van der Waals surface area contributed by atoms with Gasteiger partial charge in [-0.25, -0.2) is 0 Å². The number of rotatable bonds is 0. The molecule has 1 aliphatic heterocycles. The predicted octanol–water partition coefficient (Wildman–Crippen LogP) is 0.898. The SMILES string of the molecule is O=C1OC(=O)[C@H]2C3CCC34C=CC4[C@@H]12. The number of carbonyl (C=O) groups is 2. The van der Waals surface area contributed by atoms with Gasteiger partial charge in [-0.15, -0.1) is 0 Å². The van der Waals surface area contributed by atoms with Crippen LogP contribution in [0.4, 0.5) is 0 Å². The maximum Gasteiger partial charge on any atom is 0.318 e. The van der Waals surface area contributed by atoms with E-state index in [1.807, 2.05) is 0 Å². The van der Waals surface area contributed by atoms with Crippen LogP contribution < -0.4 is 0 Å². The Morgan fingerprint density at radius 2 is 2.07 bits per heavy atom. The summed E-state index contributed by atoms with van der Waals surface area (Å²) in [7, 11) is 0.